The summed E-state index contributed by atoms with van der Waals surface area (Å²) in [5, 5.41) is 3.38. The maximum Gasteiger partial charge on any atom is 0.0809 e. The van der Waals surface area contributed by atoms with Gasteiger partial charge in [0.05, 0.1) is 19.3 Å². The number of hydrogen-bond donors (Lipinski definition) is 1. The quantitative estimate of drug-likeness (QED) is 0.626. The highest BCUT2D eigenvalue weighted by Gasteiger charge is 2.14. The van der Waals surface area contributed by atoms with E-state index in [9.17, 15) is 0 Å². The molecule has 3 heteroatoms. The van der Waals surface area contributed by atoms with E-state index in [0.29, 0.717) is 6.10 Å². The normalized spacial score (nSPS) is 21.4. The Hall–Kier alpha value is -0.120. The van der Waals surface area contributed by atoms with Gasteiger partial charge in [-0.1, -0.05) is 13.8 Å². The second-order valence-corrected chi connectivity index (χ2v) is 4.64. The fraction of sp³-hybridized carbons (Fsp3) is 1.00. The maximum absolute atomic E-state index is 5.54. The molecule has 0 amide bonds. The van der Waals surface area contributed by atoms with Gasteiger partial charge in [0.25, 0.3) is 0 Å². The smallest absolute Gasteiger partial charge is 0.0809 e. The molecule has 90 valence electrons. The molecule has 0 aromatic rings. The Morgan fingerprint density at radius 2 is 2.27 bits per heavy atom. The third kappa shape index (κ3) is 6.88. The van der Waals surface area contributed by atoms with Gasteiger partial charge in [0, 0.05) is 13.2 Å². The fourth-order valence-electron chi connectivity index (χ4n) is 1.65. The van der Waals surface area contributed by atoms with Crippen LogP contribution in [0.3, 0.4) is 0 Å². The van der Waals surface area contributed by atoms with E-state index >= 15 is 0 Å². The summed E-state index contributed by atoms with van der Waals surface area (Å²) in [7, 11) is 0. The van der Waals surface area contributed by atoms with Gasteiger partial charge in [-0.25, -0.2) is 0 Å². The first-order valence-electron chi connectivity index (χ1n) is 6.19. The summed E-state index contributed by atoms with van der Waals surface area (Å²) in [6, 6.07) is 0. The summed E-state index contributed by atoms with van der Waals surface area (Å²) in [5.74, 6) is 0.783. The van der Waals surface area contributed by atoms with Gasteiger partial charge in [-0.15, -0.1) is 0 Å². The summed E-state index contributed by atoms with van der Waals surface area (Å²) in [6.07, 6.45) is 3.97. The lowest BCUT2D eigenvalue weighted by Crippen LogP contribution is -2.24. The van der Waals surface area contributed by atoms with Crippen LogP contribution >= 0.6 is 0 Å². The van der Waals surface area contributed by atoms with E-state index in [1.54, 1.807) is 0 Å². The van der Waals surface area contributed by atoms with Crippen LogP contribution < -0.4 is 5.32 Å². The fourth-order valence-corrected chi connectivity index (χ4v) is 1.65. The van der Waals surface area contributed by atoms with Gasteiger partial charge in [0.1, 0.15) is 0 Å². The molecule has 0 radical (unpaired) electrons. The van der Waals surface area contributed by atoms with Crippen molar-refractivity contribution in [3.8, 4) is 0 Å². The molecule has 0 spiro atoms. The van der Waals surface area contributed by atoms with E-state index < -0.39 is 0 Å². The molecule has 0 aromatic carbocycles. The van der Waals surface area contributed by atoms with E-state index in [0.717, 1.165) is 38.8 Å². The van der Waals surface area contributed by atoms with Crippen LogP contribution in [-0.2, 0) is 9.47 Å². The summed E-state index contributed by atoms with van der Waals surface area (Å²) in [6.45, 7) is 9.04. The zero-order valence-corrected chi connectivity index (χ0v) is 10.1. The Kier molecular flexibility index (Phi) is 6.98. The van der Waals surface area contributed by atoms with Gasteiger partial charge in [0.15, 0.2) is 0 Å². The Bertz CT molecular complexity index is 145. The van der Waals surface area contributed by atoms with Gasteiger partial charge in [-0.3, -0.25) is 0 Å². The van der Waals surface area contributed by atoms with E-state index in [1.165, 1.54) is 19.3 Å². The zero-order chi connectivity index (χ0) is 10.9. The van der Waals surface area contributed by atoms with E-state index in [4.69, 9.17) is 9.47 Å². The molecular weight excluding hydrogens is 190 g/mol. The zero-order valence-electron chi connectivity index (χ0n) is 10.1. The SMILES string of the molecule is CC(C)CCNCCOCC1CCCO1. The van der Waals surface area contributed by atoms with Crippen LogP contribution in [0.15, 0.2) is 0 Å². The lowest BCUT2D eigenvalue weighted by molar-refractivity contribution is 0.0183. The number of ether oxygens (including phenoxy) is 2. The van der Waals surface area contributed by atoms with Crippen LogP contribution in [0, 0.1) is 5.92 Å². The van der Waals surface area contributed by atoms with Crippen molar-refractivity contribution >= 4 is 0 Å². The van der Waals surface area contributed by atoms with E-state index in [1.807, 2.05) is 0 Å². The monoisotopic (exact) mass is 215 g/mol. The van der Waals surface area contributed by atoms with Crippen molar-refractivity contribution in [1.82, 2.24) is 5.32 Å². The largest absolute Gasteiger partial charge is 0.377 e. The van der Waals surface area contributed by atoms with Crippen molar-refractivity contribution in [3.63, 3.8) is 0 Å². The molecule has 1 rings (SSSR count). The number of nitrogens with one attached hydrogen (secondary N) is 1. The number of hydrogen-bond acceptors (Lipinski definition) is 3. The topological polar surface area (TPSA) is 30.5 Å². The highest BCUT2D eigenvalue weighted by molar-refractivity contribution is 4.63. The molecule has 1 aliphatic rings. The highest BCUT2D eigenvalue weighted by Crippen LogP contribution is 2.11. The minimum absolute atomic E-state index is 0.362. The molecule has 0 saturated carbocycles. The second kappa shape index (κ2) is 8.08. The molecule has 1 aliphatic heterocycles. The molecule has 0 bridgehead atoms. The summed E-state index contributed by atoms with van der Waals surface area (Å²) >= 11 is 0. The standard InChI is InChI=1S/C12H25NO2/c1-11(2)5-6-13-7-9-14-10-12-4-3-8-15-12/h11-13H,3-10H2,1-2H3. The van der Waals surface area contributed by atoms with Crippen LogP contribution in [0.25, 0.3) is 0 Å². The van der Waals surface area contributed by atoms with Crippen molar-refractivity contribution in [1.29, 1.82) is 0 Å². The molecule has 1 N–H and O–H groups in total. The first-order valence-corrected chi connectivity index (χ1v) is 6.19. The van der Waals surface area contributed by atoms with Gasteiger partial charge >= 0.3 is 0 Å². The molecule has 3 nitrogen and oxygen atoms in total. The first kappa shape index (κ1) is 12.9. The molecule has 15 heavy (non-hydrogen) atoms. The first-order chi connectivity index (χ1) is 7.29. The molecule has 1 fully saturated rings. The molecule has 1 atom stereocenters. The molecule has 0 aromatic heterocycles. The molecular formula is C12H25NO2. The summed E-state index contributed by atoms with van der Waals surface area (Å²) in [5.41, 5.74) is 0. The molecule has 0 aliphatic carbocycles. The molecule has 1 saturated heterocycles. The molecule has 1 heterocycles. The Balaban J connectivity index is 1.76. The summed E-state index contributed by atoms with van der Waals surface area (Å²) < 4.78 is 11.0. The lowest BCUT2D eigenvalue weighted by Gasteiger charge is -2.10. The average Bonchev–Trinajstić information content (AvgIpc) is 2.68. The Labute approximate surface area is 93.5 Å². The van der Waals surface area contributed by atoms with Crippen LogP contribution in [-0.4, -0.2) is 39.0 Å². The van der Waals surface area contributed by atoms with Crippen molar-refractivity contribution in [3.05, 3.63) is 0 Å². The van der Waals surface area contributed by atoms with Crippen LogP contribution in [0.2, 0.25) is 0 Å². The summed E-state index contributed by atoms with van der Waals surface area (Å²) in [4.78, 5) is 0. The van der Waals surface area contributed by atoms with E-state index in [-0.39, 0.29) is 0 Å². The van der Waals surface area contributed by atoms with Crippen molar-refractivity contribution < 1.29 is 9.47 Å². The van der Waals surface area contributed by atoms with Gasteiger partial charge < -0.3 is 14.8 Å². The lowest BCUT2D eigenvalue weighted by atomic mass is 10.1. The third-order valence-electron chi connectivity index (χ3n) is 2.65. The van der Waals surface area contributed by atoms with Crippen LogP contribution in [0.1, 0.15) is 33.1 Å². The minimum Gasteiger partial charge on any atom is -0.377 e. The van der Waals surface area contributed by atoms with E-state index in [2.05, 4.69) is 19.2 Å². The van der Waals surface area contributed by atoms with Gasteiger partial charge in [-0.05, 0) is 31.7 Å². The van der Waals surface area contributed by atoms with Crippen molar-refractivity contribution in [2.45, 2.75) is 39.2 Å². The average molecular weight is 215 g/mol. The van der Waals surface area contributed by atoms with Crippen molar-refractivity contribution in [2.75, 3.05) is 32.9 Å². The number of rotatable bonds is 8. The highest BCUT2D eigenvalue weighted by atomic mass is 16.5. The Morgan fingerprint density at radius 3 is 2.93 bits per heavy atom. The third-order valence-corrected chi connectivity index (χ3v) is 2.65. The Morgan fingerprint density at radius 1 is 1.40 bits per heavy atom. The van der Waals surface area contributed by atoms with Crippen LogP contribution in [0.4, 0.5) is 0 Å². The molecule has 1 unspecified atom stereocenters. The maximum atomic E-state index is 5.54. The van der Waals surface area contributed by atoms with Crippen molar-refractivity contribution in [2.24, 2.45) is 5.92 Å². The predicted octanol–water partition coefficient (Wildman–Crippen LogP) is 1.82. The predicted molar refractivity (Wildman–Crippen MR) is 62.1 cm³/mol. The van der Waals surface area contributed by atoms with Crippen LogP contribution in [0.5, 0.6) is 0 Å². The van der Waals surface area contributed by atoms with Gasteiger partial charge in [-0.2, -0.15) is 0 Å². The minimum atomic E-state index is 0.362. The second-order valence-electron chi connectivity index (χ2n) is 4.64. The van der Waals surface area contributed by atoms with Gasteiger partial charge in [0.2, 0.25) is 0 Å².